The second kappa shape index (κ2) is 5.36. The molecule has 0 spiro atoms. The molecule has 1 fully saturated rings. The molecule has 1 aliphatic carbocycles. The second-order valence-electron chi connectivity index (χ2n) is 4.58. The largest absolute Gasteiger partial charge is 0.389 e. The van der Waals surface area contributed by atoms with Gasteiger partial charge in [-0.25, -0.2) is 0 Å². The van der Waals surface area contributed by atoms with Gasteiger partial charge in [-0.2, -0.15) is 13.2 Å². The zero-order valence-corrected chi connectivity index (χ0v) is 9.86. The number of halogens is 3. The van der Waals surface area contributed by atoms with Gasteiger partial charge < -0.3 is 10.1 Å². The van der Waals surface area contributed by atoms with E-state index in [2.05, 4.69) is 5.32 Å². The highest BCUT2D eigenvalue weighted by Crippen LogP contribution is 2.39. The van der Waals surface area contributed by atoms with Crippen molar-refractivity contribution in [2.75, 3.05) is 14.2 Å². The summed E-state index contributed by atoms with van der Waals surface area (Å²) in [5.41, 5.74) is -0.167. The Balaban J connectivity index is 2.36. The highest BCUT2D eigenvalue weighted by Gasteiger charge is 2.39. The van der Waals surface area contributed by atoms with Crippen LogP contribution in [0.1, 0.15) is 38.5 Å². The molecule has 1 aliphatic rings. The maximum absolute atomic E-state index is 12.1. The van der Waals surface area contributed by atoms with Crippen molar-refractivity contribution in [3.63, 3.8) is 0 Å². The normalized spacial score (nSPS) is 21.6. The summed E-state index contributed by atoms with van der Waals surface area (Å²) in [5.74, 6) is 0. The zero-order chi connectivity index (χ0) is 12.2. The maximum atomic E-state index is 12.1. The van der Waals surface area contributed by atoms with Gasteiger partial charge in [0.25, 0.3) is 0 Å². The number of methoxy groups -OCH3 is 1. The third-order valence-corrected chi connectivity index (χ3v) is 3.50. The summed E-state index contributed by atoms with van der Waals surface area (Å²) in [6, 6.07) is -0.109. The van der Waals surface area contributed by atoms with E-state index in [0.717, 1.165) is 19.3 Å². The summed E-state index contributed by atoms with van der Waals surface area (Å²) >= 11 is 0. The van der Waals surface area contributed by atoms with E-state index < -0.39 is 12.6 Å². The van der Waals surface area contributed by atoms with Gasteiger partial charge in [-0.3, -0.25) is 0 Å². The third-order valence-electron chi connectivity index (χ3n) is 3.50. The Morgan fingerprint density at radius 3 is 2.31 bits per heavy atom. The van der Waals surface area contributed by atoms with Crippen LogP contribution in [0.2, 0.25) is 0 Å². The molecule has 0 radical (unpaired) electrons. The van der Waals surface area contributed by atoms with E-state index in [4.69, 9.17) is 4.74 Å². The molecule has 0 aromatic carbocycles. The van der Waals surface area contributed by atoms with Crippen LogP contribution in [0.3, 0.4) is 0 Å². The molecular formula is C11H20F3NO. The molecule has 1 N–H and O–H groups in total. The summed E-state index contributed by atoms with van der Waals surface area (Å²) < 4.78 is 41.7. The number of alkyl halides is 3. The molecule has 0 amide bonds. The summed E-state index contributed by atoms with van der Waals surface area (Å²) in [7, 11) is 3.36. The number of ether oxygens (including phenoxy) is 1. The predicted octanol–water partition coefficient (Wildman–Crippen LogP) is 2.88. The minimum atomic E-state index is -4.06. The van der Waals surface area contributed by atoms with Crippen molar-refractivity contribution >= 4 is 0 Å². The number of hydrogen-bond donors (Lipinski definition) is 1. The van der Waals surface area contributed by atoms with Crippen LogP contribution in [0.25, 0.3) is 0 Å². The third kappa shape index (κ3) is 3.94. The Morgan fingerprint density at radius 1 is 1.38 bits per heavy atom. The first kappa shape index (κ1) is 13.8. The lowest BCUT2D eigenvalue weighted by atomic mass is 9.75. The smallest absolute Gasteiger partial charge is 0.378 e. The van der Waals surface area contributed by atoms with Crippen molar-refractivity contribution < 1.29 is 17.9 Å². The molecule has 0 aromatic rings. The molecule has 1 unspecified atom stereocenters. The van der Waals surface area contributed by atoms with Gasteiger partial charge in [-0.1, -0.05) is 0 Å². The van der Waals surface area contributed by atoms with Crippen LogP contribution < -0.4 is 5.32 Å². The number of nitrogens with one attached hydrogen (secondary N) is 1. The number of rotatable bonds is 6. The summed E-state index contributed by atoms with van der Waals surface area (Å²) in [5, 5.41) is 2.95. The molecule has 0 bridgehead atoms. The van der Waals surface area contributed by atoms with Crippen LogP contribution in [0.4, 0.5) is 13.2 Å². The van der Waals surface area contributed by atoms with E-state index in [1.165, 1.54) is 0 Å². The molecular weight excluding hydrogens is 219 g/mol. The van der Waals surface area contributed by atoms with E-state index >= 15 is 0 Å². The van der Waals surface area contributed by atoms with Crippen LogP contribution >= 0.6 is 0 Å². The Bertz CT molecular complexity index is 208. The first-order chi connectivity index (χ1) is 7.41. The van der Waals surface area contributed by atoms with Crippen molar-refractivity contribution in [2.24, 2.45) is 0 Å². The first-order valence-electron chi connectivity index (χ1n) is 5.70. The molecule has 0 aromatic heterocycles. The monoisotopic (exact) mass is 239 g/mol. The van der Waals surface area contributed by atoms with Crippen LogP contribution in [-0.4, -0.2) is 32.0 Å². The lowest BCUT2D eigenvalue weighted by molar-refractivity contribution is -0.139. The molecule has 1 saturated carbocycles. The van der Waals surface area contributed by atoms with Crippen molar-refractivity contribution in [2.45, 2.75) is 56.3 Å². The van der Waals surface area contributed by atoms with Crippen molar-refractivity contribution in [1.82, 2.24) is 5.32 Å². The molecule has 2 nitrogen and oxygen atoms in total. The summed E-state index contributed by atoms with van der Waals surface area (Å²) in [6.07, 6.45) is -0.931. The topological polar surface area (TPSA) is 21.3 Å². The minimum Gasteiger partial charge on any atom is -0.378 e. The highest BCUT2D eigenvalue weighted by molar-refractivity contribution is 4.92. The van der Waals surface area contributed by atoms with Crippen LogP contribution in [0.5, 0.6) is 0 Å². The van der Waals surface area contributed by atoms with Gasteiger partial charge in [-0.05, 0) is 39.2 Å². The maximum Gasteiger partial charge on any atom is 0.389 e. The average molecular weight is 239 g/mol. The van der Waals surface area contributed by atoms with Gasteiger partial charge in [-0.15, -0.1) is 0 Å². The molecule has 0 saturated heterocycles. The molecule has 0 aliphatic heterocycles. The van der Waals surface area contributed by atoms with E-state index in [0.29, 0.717) is 6.42 Å². The average Bonchev–Trinajstić information content (AvgIpc) is 2.15. The lowest BCUT2D eigenvalue weighted by Crippen LogP contribution is -2.45. The van der Waals surface area contributed by atoms with Crippen molar-refractivity contribution in [3.05, 3.63) is 0 Å². The minimum absolute atomic E-state index is 0.109. The Labute approximate surface area is 94.5 Å². The van der Waals surface area contributed by atoms with Crippen LogP contribution in [0, 0.1) is 0 Å². The Hall–Kier alpha value is -0.290. The standard InChI is InChI=1S/C11H20F3NO/c1-15-9(4-7-11(12,13)14)8-10(16-2)5-3-6-10/h9,15H,3-8H2,1-2H3. The van der Waals surface area contributed by atoms with Gasteiger partial charge in [0.2, 0.25) is 0 Å². The Kier molecular flexibility index (Phi) is 4.62. The molecule has 96 valence electrons. The van der Waals surface area contributed by atoms with Crippen LogP contribution in [-0.2, 0) is 4.74 Å². The molecule has 5 heteroatoms. The van der Waals surface area contributed by atoms with E-state index in [1.54, 1.807) is 14.2 Å². The van der Waals surface area contributed by atoms with Crippen LogP contribution in [0.15, 0.2) is 0 Å². The molecule has 0 heterocycles. The zero-order valence-electron chi connectivity index (χ0n) is 9.86. The molecule has 1 rings (SSSR count). The van der Waals surface area contributed by atoms with Crippen molar-refractivity contribution in [3.8, 4) is 0 Å². The first-order valence-corrected chi connectivity index (χ1v) is 5.70. The fourth-order valence-electron chi connectivity index (χ4n) is 2.20. The van der Waals surface area contributed by atoms with Gasteiger partial charge in [0, 0.05) is 19.6 Å². The van der Waals surface area contributed by atoms with Gasteiger partial charge in [0.1, 0.15) is 0 Å². The summed E-state index contributed by atoms with van der Waals surface area (Å²) in [6.45, 7) is 0. The lowest BCUT2D eigenvalue weighted by Gasteiger charge is -2.42. The van der Waals surface area contributed by atoms with Gasteiger partial charge in [0.15, 0.2) is 0 Å². The van der Waals surface area contributed by atoms with E-state index in [9.17, 15) is 13.2 Å². The highest BCUT2D eigenvalue weighted by atomic mass is 19.4. The quantitative estimate of drug-likeness (QED) is 0.769. The van der Waals surface area contributed by atoms with Crippen molar-refractivity contribution in [1.29, 1.82) is 0 Å². The number of hydrogen-bond acceptors (Lipinski definition) is 2. The van der Waals surface area contributed by atoms with Gasteiger partial charge in [0.05, 0.1) is 5.60 Å². The SMILES string of the molecule is CNC(CCC(F)(F)F)CC1(OC)CCC1. The molecule has 16 heavy (non-hydrogen) atoms. The fourth-order valence-corrected chi connectivity index (χ4v) is 2.20. The summed E-state index contributed by atoms with van der Waals surface area (Å²) in [4.78, 5) is 0. The second-order valence-corrected chi connectivity index (χ2v) is 4.58. The van der Waals surface area contributed by atoms with Gasteiger partial charge >= 0.3 is 6.18 Å². The fraction of sp³-hybridized carbons (Fsp3) is 1.00. The molecule has 1 atom stereocenters. The predicted molar refractivity (Wildman–Crippen MR) is 56.3 cm³/mol. The van der Waals surface area contributed by atoms with E-state index in [-0.39, 0.29) is 18.1 Å². The van der Waals surface area contributed by atoms with E-state index in [1.807, 2.05) is 0 Å². The Morgan fingerprint density at radius 2 is 2.00 bits per heavy atom.